The number of nitrogens with zero attached hydrogens (tertiary/aromatic N) is 4. The molecule has 42 heavy (non-hydrogen) atoms. The normalized spacial score (nSPS) is 11.6. The molecule has 11 nitrogen and oxygen atoms in total. The SMILES string of the molecule is CCOc1cc(C=Nn2c(C(C)(C)C)nc3ccc(Br)cc3c2=O)cc([N+](=O)[O-])c1OCC(=O)Nc1cccc(F)c1. The smallest absolute Gasteiger partial charge is 0.315 e. The molecule has 1 N–H and O–H groups in total. The maximum atomic E-state index is 13.4. The van der Waals surface area contributed by atoms with Crippen LogP contribution in [0.25, 0.3) is 10.9 Å². The molecule has 0 fully saturated rings. The number of nitro benzene ring substituents is 1. The van der Waals surface area contributed by atoms with Gasteiger partial charge in [0.05, 0.1) is 28.6 Å². The highest BCUT2D eigenvalue weighted by atomic mass is 79.9. The number of carbonyl (C=O) groups is 1. The Kier molecular flexibility index (Phi) is 9.00. The minimum absolute atomic E-state index is 0.00401. The molecule has 218 valence electrons. The van der Waals surface area contributed by atoms with Gasteiger partial charge in [-0.2, -0.15) is 9.78 Å². The van der Waals surface area contributed by atoms with Gasteiger partial charge in [-0.3, -0.25) is 19.7 Å². The predicted octanol–water partition coefficient (Wildman–Crippen LogP) is 5.80. The third-order valence-corrected chi connectivity index (χ3v) is 6.30. The number of rotatable bonds is 9. The number of halogens is 2. The van der Waals surface area contributed by atoms with E-state index in [0.29, 0.717) is 21.2 Å². The number of nitrogens with one attached hydrogen (secondary N) is 1. The van der Waals surface area contributed by atoms with Crippen LogP contribution in [0.4, 0.5) is 15.8 Å². The lowest BCUT2D eigenvalue weighted by Gasteiger charge is -2.21. The van der Waals surface area contributed by atoms with E-state index in [9.17, 15) is 24.1 Å². The first-order valence-electron chi connectivity index (χ1n) is 12.8. The first-order chi connectivity index (χ1) is 19.9. The first-order valence-corrected chi connectivity index (χ1v) is 13.6. The zero-order valence-electron chi connectivity index (χ0n) is 23.2. The van der Waals surface area contributed by atoms with E-state index >= 15 is 0 Å². The van der Waals surface area contributed by atoms with Crippen LogP contribution in [0, 0.1) is 15.9 Å². The van der Waals surface area contributed by atoms with Crippen molar-refractivity contribution in [3.8, 4) is 11.5 Å². The largest absolute Gasteiger partial charge is 0.490 e. The summed E-state index contributed by atoms with van der Waals surface area (Å²) in [7, 11) is 0. The Balaban J connectivity index is 1.71. The number of amides is 1. The standard InChI is InChI=1S/C29H27BrFN5O6/c1-5-41-24-12-17(11-23(36(39)40)26(24)42-16-25(37)33-20-8-6-7-19(31)14-20)15-32-35-27(38)21-13-18(30)9-10-22(21)34-28(35)29(2,3)4/h6-15H,5,16H2,1-4H3,(H,33,37). The molecule has 4 aromatic rings. The topological polar surface area (TPSA) is 138 Å². The van der Waals surface area contributed by atoms with Gasteiger partial charge in [-0.15, -0.1) is 0 Å². The molecule has 1 heterocycles. The lowest BCUT2D eigenvalue weighted by atomic mass is 9.95. The molecule has 0 bridgehead atoms. The van der Waals surface area contributed by atoms with Crippen molar-refractivity contribution < 1.29 is 23.6 Å². The van der Waals surface area contributed by atoms with Gasteiger partial charge in [0.25, 0.3) is 11.5 Å². The highest BCUT2D eigenvalue weighted by Crippen LogP contribution is 2.38. The Morgan fingerprint density at radius 3 is 2.62 bits per heavy atom. The van der Waals surface area contributed by atoms with Gasteiger partial charge >= 0.3 is 5.69 Å². The molecule has 0 aliphatic rings. The molecule has 1 aromatic heterocycles. The van der Waals surface area contributed by atoms with Gasteiger partial charge in [0.2, 0.25) is 5.75 Å². The van der Waals surface area contributed by atoms with Crippen LogP contribution in [0.1, 0.15) is 39.1 Å². The first kappa shape index (κ1) is 30.3. The van der Waals surface area contributed by atoms with E-state index in [1.807, 2.05) is 20.8 Å². The minimum Gasteiger partial charge on any atom is -0.490 e. The number of hydrogen-bond donors (Lipinski definition) is 1. The Labute approximate surface area is 248 Å². The Morgan fingerprint density at radius 2 is 1.95 bits per heavy atom. The fourth-order valence-corrected chi connectivity index (χ4v) is 4.35. The summed E-state index contributed by atoms with van der Waals surface area (Å²) in [5.74, 6) is -1.08. The zero-order valence-corrected chi connectivity index (χ0v) is 24.8. The van der Waals surface area contributed by atoms with Gasteiger partial charge < -0.3 is 14.8 Å². The highest BCUT2D eigenvalue weighted by molar-refractivity contribution is 9.10. The molecular weight excluding hydrogens is 613 g/mol. The molecule has 3 aromatic carbocycles. The van der Waals surface area contributed by atoms with Crippen LogP contribution in [0.5, 0.6) is 11.5 Å². The quantitative estimate of drug-likeness (QED) is 0.139. The van der Waals surface area contributed by atoms with Crippen molar-refractivity contribution in [2.24, 2.45) is 5.10 Å². The van der Waals surface area contributed by atoms with Crippen molar-refractivity contribution in [1.82, 2.24) is 9.66 Å². The van der Waals surface area contributed by atoms with Gasteiger partial charge in [-0.05, 0) is 49.4 Å². The second-order valence-electron chi connectivity index (χ2n) is 10.1. The van der Waals surface area contributed by atoms with Crippen LogP contribution in [-0.4, -0.2) is 39.9 Å². The molecule has 0 aliphatic heterocycles. The zero-order chi connectivity index (χ0) is 30.6. The number of aromatic nitrogens is 2. The van der Waals surface area contributed by atoms with Crippen molar-refractivity contribution in [2.45, 2.75) is 33.1 Å². The average Bonchev–Trinajstić information content (AvgIpc) is 2.91. The van der Waals surface area contributed by atoms with Gasteiger partial charge in [-0.1, -0.05) is 42.8 Å². The maximum Gasteiger partial charge on any atom is 0.315 e. The predicted molar refractivity (Wildman–Crippen MR) is 160 cm³/mol. The van der Waals surface area contributed by atoms with Gasteiger partial charge in [0, 0.05) is 27.2 Å². The number of ether oxygens (including phenoxy) is 2. The average molecular weight is 640 g/mol. The third kappa shape index (κ3) is 6.97. The summed E-state index contributed by atoms with van der Waals surface area (Å²) < 4.78 is 26.4. The van der Waals surface area contributed by atoms with Crippen molar-refractivity contribution in [3.63, 3.8) is 0 Å². The molecule has 0 radical (unpaired) electrons. The van der Waals surface area contributed by atoms with Crippen LogP contribution in [0.3, 0.4) is 0 Å². The monoisotopic (exact) mass is 639 g/mol. The van der Waals surface area contributed by atoms with Crippen LogP contribution >= 0.6 is 15.9 Å². The summed E-state index contributed by atoms with van der Waals surface area (Å²) in [6.45, 7) is 6.88. The number of carbonyl (C=O) groups excluding carboxylic acids is 1. The highest BCUT2D eigenvalue weighted by Gasteiger charge is 2.25. The number of nitro groups is 1. The van der Waals surface area contributed by atoms with E-state index in [1.165, 1.54) is 41.2 Å². The second kappa shape index (κ2) is 12.5. The van der Waals surface area contributed by atoms with Crippen LogP contribution in [0.2, 0.25) is 0 Å². The van der Waals surface area contributed by atoms with Gasteiger partial charge in [0.15, 0.2) is 12.4 Å². The lowest BCUT2D eigenvalue weighted by Crippen LogP contribution is -2.29. The van der Waals surface area contributed by atoms with E-state index in [1.54, 1.807) is 25.1 Å². The lowest BCUT2D eigenvalue weighted by molar-refractivity contribution is -0.385. The fraction of sp³-hybridized carbons (Fsp3) is 0.241. The molecular formula is C29H27BrFN5O6. The molecule has 13 heteroatoms. The van der Waals surface area contributed by atoms with Crippen molar-refractivity contribution in [3.05, 3.63) is 96.7 Å². The summed E-state index contributed by atoms with van der Waals surface area (Å²) in [5.41, 5.74) is -0.504. The second-order valence-corrected chi connectivity index (χ2v) is 11.0. The molecule has 0 atom stereocenters. The van der Waals surface area contributed by atoms with Crippen LogP contribution < -0.4 is 20.3 Å². The number of benzene rings is 3. The van der Waals surface area contributed by atoms with Crippen molar-refractivity contribution in [1.29, 1.82) is 0 Å². The summed E-state index contributed by atoms with van der Waals surface area (Å²) in [5, 5.41) is 19.2. The van der Waals surface area contributed by atoms with Gasteiger partial charge in [-0.25, -0.2) is 9.37 Å². The van der Waals surface area contributed by atoms with Gasteiger partial charge in [0.1, 0.15) is 11.6 Å². The molecule has 0 saturated carbocycles. The molecule has 0 aliphatic carbocycles. The number of hydrogen-bond acceptors (Lipinski definition) is 8. The van der Waals surface area contributed by atoms with E-state index in [0.717, 1.165) is 6.07 Å². The van der Waals surface area contributed by atoms with Crippen LogP contribution in [-0.2, 0) is 10.2 Å². The van der Waals surface area contributed by atoms with Crippen LogP contribution in [0.15, 0.2) is 69.0 Å². The summed E-state index contributed by atoms with van der Waals surface area (Å²) in [4.78, 5) is 41.8. The van der Waals surface area contributed by atoms with E-state index < -0.39 is 39.9 Å². The molecule has 4 rings (SSSR count). The number of fused-ring (bicyclic) bond motifs is 1. The molecule has 1 amide bonds. The fourth-order valence-electron chi connectivity index (χ4n) is 3.99. The summed E-state index contributed by atoms with van der Waals surface area (Å²) in [6.07, 6.45) is 1.29. The molecule has 0 spiro atoms. The summed E-state index contributed by atoms with van der Waals surface area (Å²) in [6, 6.07) is 13.1. The van der Waals surface area contributed by atoms with E-state index in [2.05, 4.69) is 31.3 Å². The minimum atomic E-state index is -0.679. The summed E-state index contributed by atoms with van der Waals surface area (Å²) >= 11 is 3.37. The number of anilines is 1. The Bertz CT molecular complexity index is 1770. The third-order valence-electron chi connectivity index (χ3n) is 5.81. The van der Waals surface area contributed by atoms with E-state index in [4.69, 9.17) is 9.47 Å². The Morgan fingerprint density at radius 1 is 1.19 bits per heavy atom. The van der Waals surface area contributed by atoms with Crippen molar-refractivity contribution in [2.75, 3.05) is 18.5 Å². The Hall–Kier alpha value is -4.65. The van der Waals surface area contributed by atoms with E-state index in [-0.39, 0.29) is 29.4 Å². The van der Waals surface area contributed by atoms with Crippen molar-refractivity contribution >= 4 is 50.3 Å². The maximum absolute atomic E-state index is 13.4. The molecule has 0 saturated heterocycles. The molecule has 0 unspecified atom stereocenters.